The Morgan fingerprint density at radius 3 is 2.67 bits per heavy atom. The number of hydrogen-bond donors (Lipinski definition) is 2. The number of piperazine rings is 1. The van der Waals surface area contributed by atoms with E-state index >= 15 is 0 Å². The number of nitrogens with zero attached hydrogens (tertiary/aromatic N) is 2. The van der Waals surface area contributed by atoms with Crippen LogP contribution in [-0.4, -0.2) is 47.9 Å². The molecule has 1 aliphatic rings. The smallest absolute Gasteiger partial charge is 0.267 e. The fourth-order valence-electron chi connectivity index (χ4n) is 2.19. The first-order valence-corrected chi connectivity index (χ1v) is 8.76. The molecular weight excluding hydrogens is 391 g/mol. The van der Waals surface area contributed by atoms with Crippen LogP contribution in [0.5, 0.6) is 0 Å². The summed E-state index contributed by atoms with van der Waals surface area (Å²) in [7, 11) is 0. The average Bonchev–Trinajstić information content (AvgIpc) is 3.20. The number of amides is 2. The van der Waals surface area contributed by atoms with E-state index in [4.69, 9.17) is 0 Å². The molecule has 2 amide bonds. The molecular formula is C14H18Cl2N4O2S2. The third-order valence-corrected chi connectivity index (χ3v) is 4.99. The van der Waals surface area contributed by atoms with Crippen molar-refractivity contribution >= 4 is 64.4 Å². The van der Waals surface area contributed by atoms with Gasteiger partial charge in [0.15, 0.2) is 5.13 Å². The summed E-state index contributed by atoms with van der Waals surface area (Å²) >= 11 is 2.73. The second kappa shape index (κ2) is 9.95. The van der Waals surface area contributed by atoms with Gasteiger partial charge in [0.2, 0.25) is 5.91 Å². The molecule has 0 unspecified atom stereocenters. The van der Waals surface area contributed by atoms with Gasteiger partial charge in [-0.15, -0.1) is 47.5 Å². The van der Waals surface area contributed by atoms with Gasteiger partial charge in [-0.3, -0.25) is 14.9 Å². The topological polar surface area (TPSA) is 74.3 Å². The molecule has 2 N–H and O–H groups in total. The molecule has 132 valence electrons. The van der Waals surface area contributed by atoms with E-state index < -0.39 is 0 Å². The number of carbonyl (C=O) groups excluding carboxylic acids is 2. The highest BCUT2D eigenvalue weighted by Crippen LogP contribution is 2.18. The van der Waals surface area contributed by atoms with Crippen molar-refractivity contribution in [3.8, 4) is 0 Å². The Kier molecular flexibility index (Phi) is 8.65. The van der Waals surface area contributed by atoms with E-state index in [9.17, 15) is 9.59 Å². The van der Waals surface area contributed by atoms with Crippen LogP contribution in [0.25, 0.3) is 0 Å². The minimum atomic E-state index is -0.163. The Morgan fingerprint density at radius 2 is 2.00 bits per heavy atom. The first-order valence-electron chi connectivity index (χ1n) is 7.00. The maximum atomic E-state index is 12.2. The van der Waals surface area contributed by atoms with Gasteiger partial charge >= 0.3 is 0 Å². The molecule has 3 heterocycles. The fraction of sp³-hybridized carbons (Fsp3) is 0.357. The highest BCUT2D eigenvalue weighted by Gasteiger charge is 2.18. The second-order valence-electron chi connectivity index (χ2n) is 4.88. The number of hydrogen-bond acceptors (Lipinski definition) is 6. The van der Waals surface area contributed by atoms with Crippen LogP contribution in [0.15, 0.2) is 22.9 Å². The van der Waals surface area contributed by atoms with Gasteiger partial charge in [0.1, 0.15) is 0 Å². The normalized spacial score (nSPS) is 13.6. The number of aromatic nitrogens is 1. The van der Waals surface area contributed by atoms with Crippen molar-refractivity contribution in [2.45, 2.75) is 6.42 Å². The van der Waals surface area contributed by atoms with Crippen LogP contribution in [0.3, 0.4) is 0 Å². The second-order valence-corrected chi connectivity index (χ2v) is 6.69. The molecule has 3 rings (SSSR count). The van der Waals surface area contributed by atoms with Crippen LogP contribution in [0.2, 0.25) is 0 Å². The zero-order valence-electron chi connectivity index (χ0n) is 12.7. The number of thiazole rings is 1. The first-order chi connectivity index (χ1) is 10.7. The molecule has 24 heavy (non-hydrogen) atoms. The molecule has 1 aliphatic heterocycles. The standard InChI is InChI=1S/C14H16N4O2S2.2ClH/c19-12(18-5-3-15-4-6-18)8-10-9-22-14(16-10)17-13(20)11-2-1-7-21-11;;/h1-2,7,9,15H,3-6,8H2,(H,16,17,20);2*1H. The van der Waals surface area contributed by atoms with Crippen molar-refractivity contribution in [2.75, 3.05) is 31.5 Å². The third kappa shape index (κ3) is 5.42. The Balaban J connectivity index is 0.00000144. The lowest BCUT2D eigenvalue weighted by Gasteiger charge is -2.27. The lowest BCUT2D eigenvalue weighted by Crippen LogP contribution is -2.46. The molecule has 0 saturated carbocycles. The van der Waals surface area contributed by atoms with Crippen LogP contribution in [0, 0.1) is 0 Å². The molecule has 1 saturated heterocycles. The molecule has 6 nitrogen and oxygen atoms in total. The minimum absolute atomic E-state index is 0. The molecule has 0 radical (unpaired) electrons. The molecule has 2 aromatic heterocycles. The number of carbonyl (C=O) groups is 2. The summed E-state index contributed by atoms with van der Waals surface area (Å²) in [5, 5.41) is 10.2. The summed E-state index contributed by atoms with van der Waals surface area (Å²) in [5.74, 6) is -0.0766. The van der Waals surface area contributed by atoms with E-state index in [1.165, 1.54) is 22.7 Å². The third-order valence-electron chi connectivity index (χ3n) is 3.32. The lowest BCUT2D eigenvalue weighted by molar-refractivity contribution is -0.131. The number of rotatable bonds is 4. The van der Waals surface area contributed by atoms with Crippen LogP contribution in [-0.2, 0) is 11.2 Å². The van der Waals surface area contributed by atoms with Gasteiger partial charge in [-0.2, -0.15) is 0 Å². The molecule has 0 aromatic carbocycles. The van der Waals surface area contributed by atoms with Crippen molar-refractivity contribution in [3.63, 3.8) is 0 Å². The molecule has 10 heteroatoms. The average molecular weight is 409 g/mol. The maximum Gasteiger partial charge on any atom is 0.267 e. The van der Waals surface area contributed by atoms with E-state index in [1.54, 1.807) is 6.07 Å². The monoisotopic (exact) mass is 408 g/mol. The Hall–Kier alpha value is -1.19. The van der Waals surface area contributed by atoms with Crippen LogP contribution < -0.4 is 10.6 Å². The van der Waals surface area contributed by atoms with Gasteiger partial charge in [0.05, 0.1) is 17.0 Å². The minimum Gasteiger partial charge on any atom is -0.340 e. The van der Waals surface area contributed by atoms with E-state index in [2.05, 4.69) is 15.6 Å². The highest BCUT2D eigenvalue weighted by molar-refractivity contribution is 7.14. The van der Waals surface area contributed by atoms with Gasteiger partial charge in [0.25, 0.3) is 5.91 Å². The SMILES string of the molecule is Cl.Cl.O=C(Nc1nc(CC(=O)N2CCNCC2)cs1)c1cccs1. The van der Waals surface area contributed by atoms with Crippen molar-refractivity contribution in [3.05, 3.63) is 33.5 Å². The van der Waals surface area contributed by atoms with E-state index in [0.717, 1.165) is 26.2 Å². The fourth-order valence-corrected chi connectivity index (χ4v) is 3.52. The highest BCUT2D eigenvalue weighted by atomic mass is 35.5. The summed E-state index contributed by atoms with van der Waals surface area (Å²) in [6.07, 6.45) is 0.283. The molecule has 0 aliphatic carbocycles. The number of nitrogens with one attached hydrogen (secondary N) is 2. The Bertz CT molecular complexity index is 658. The van der Waals surface area contributed by atoms with Crippen molar-refractivity contribution in [2.24, 2.45) is 0 Å². The predicted molar refractivity (Wildman–Crippen MR) is 102 cm³/mol. The Labute approximate surface area is 160 Å². The summed E-state index contributed by atoms with van der Waals surface area (Å²) in [5.41, 5.74) is 0.704. The van der Waals surface area contributed by atoms with Gasteiger partial charge in [-0.25, -0.2) is 4.98 Å². The van der Waals surface area contributed by atoms with Gasteiger partial charge in [0, 0.05) is 31.6 Å². The number of thiophene rings is 1. The van der Waals surface area contributed by atoms with E-state index in [-0.39, 0.29) is 43.0 Å². The van der Waals surface area contributed by atoms with Gasteiger partial charge in [-0.1, -0.05) is 6.07 Å². The van der Waals surface area contributed by atoms with Gasteiger partial charge < -0.3 is 10.2 Å². The first kappa shape index (κ1) is 20.9. The summed E-state index contributed by atoms with van der Waals surface area (Å²) in [6.45, 7) is 3.16. The largest absolute Gasteiger partial charge is 0.340 e. The molecule has 0 spiro atoms. The predicted octanol–water partition coefficient (Wildman–Crippen LogP) is 2.27. The van der Waals surface area contributed by atoms with Crippen molar-refractivity contribution in [1.29, 1.82) is 0 Å². The Morgan fingerprint density at radius 1 is 1.25 bits per heavy atom. The van der Waals surface area contributed by atoms with Crippen molar-refractivity contribution < 1.29 is 9.59 Å². The van der Waals surface area contributed by atoms with E-state index in [1.807, 2.05) is 21.7 Å². The summed E-state index contributed by atoms with van der Waals surface area (Å²) < 4.78 is 0. The molecule has 0 bridgehead atoms. The number of halogens is 2. The zero-order chi connectivity index (χ0) is 15.4. The maximum absolute atomic E-state index is 12.2. The van der Waals surface area contributed by atoms with Crippen molar-refractivity contribution in [1.82, 2.24) is 15.2 Å². The lowest BCUT2D eigenvalue weighted by atomic mass is 10.2. The van der Waals surface area contributed by atoms with Crippen LogP contribution >= 0.6 is 47.5 Å². The molecule has 1 fully saturated rings. The summed E-state index contributed by atoms with van der Waals surface area (Å²) in [6, 6.07) is 3.60. The summed E-state index contributed by atoms with van der Waals surface area (Å²) in [4.78, 5) is 30.9. The zero-order valence-corrected chi connectivity index (χ0v) is 16.0. The van der Waals surface area contributed by atoms with E-state index in [0.29, 0.717) is 15.7 Å². The number of anilines is 1. The van der Waals surface area contributed by atoms with Gasteiger partial charge in [-0.05, 0) is 11.4 Å². The van der Waals surface area contributed by atoms with Crippen LogP contribution in [0.4, 0.5) is 5.13 Å². The molecule has 2 aromatic rings. The van der Waals surface area contributed by atoms with Crippen LogP contribution in [0.1, 0.15) is 15.4 Å². The molecule has 0 atom stereocenters. The quantitative estimate of drug-likeness (QED) is 0.813.